The second-order valence-electron chi connectivity index (χ2n) is 3.33. The number of rotatable bonds is 2. The average molecular weight is 234 g/mol. The van der Waals surface area contributed by atoms with E-state index < -0.39 is 0 Å². The van der Waals surface area contributed by atoms with Crippen LogP contribution in [0.3, 0.4) is 0 Å². The Morgan fingerprint density at radius 1 is 1.50 bits per heavy atom. The molecular formula is C9H16BrNO. The summed E-state index contributed by atoms with van der Waals surface area (Å²) in [7, 11) is 0. The number of nitrogens with one attached hydrogen (secondary N) is 1. The minimum Gasteiger partial charge on any atom is -0.352 e. The van der Waals surface area contributed by atoms with Crippen LogP contribution >= 0.6 is 15.9 Å². The molecule has 0 unspecified atom stereocenters. The van der Waals surface area contributed by atoms with Crippen LogP contribution in [0.25, 0.3) is 0 Å². The van der Waals surface area contributed by atoms with Crippen LogP contribution in [0.15, 0.2) is 0 Å². The fourth-order valence-corrected chi connectivity index (χ4v) is 2.28. The number of carbonyl (C=O) groups is 1. The molecule has 1 rings (SSSR count). The van der Waals surface area contributed by atoms with Gasteiger partial charge in [-0.3, -0.25) is 4.79 Å². The van der Waals surface area contributed by atoms with Crippen LogP contribution in [0.2, 0.25) is 0 Å². The summed E-state index contributed by atoms with van der Waals surface area (Å²) in [6.45, 7) is 1.89. The Kier molecular flexibility index (Phi) is 4.06. The Bertz CT molecular complexity index is 161. The van der Waals surface area contributed by atoms with Crippen molar-refractivity contribution in [3.63, 3.8) is 0 Å². The summed E-state index contributed by atoms with van der Waals surface area (Å²) in [4.78, 5) is 11.6. The number of hydrogen-bond acceptors (Lipinski definition) is 1. The maximum atomic E-state index is 11.1. The van der Waals surface area contributed by atoms with Crippen molar-refractivity contribution in [1.29, 1.82) is 0 Å². The normalized spacial score (nSPS) is 29.8. The van der Waals surface area contributed by atoms with Crippen LogP contribution in [0.4, 0.5) is 0 Å². The third kappa shape index (κ3) is 2.77. The van der Waals surface area contributed by atoms with Gasteiger partial charge in [-0.25, -0.2) is 0 Å². The van der Waals surface area contributed by atoms with Crippen molar-refractivity contribution < 1.29 is 4.79 Å². The Morgan fingerprint density at radius 2 is 2.17 bits per heavy atom. The highest BCUT2D eigenvalue weighted by atomic mass is 79.9. The van der Waals surface area contributed by atoms with Crippen LogP contribution in [0.1, 0.15) is 39.0 Å². The first-order valence-electron chi connectivity index (χ1n) is 4.67. The minimum absolute atomic E-state index is 0.173. The van der Waals surface area contributed by atoms with Gasteiger partial charge in [0.25, 0.3) is 0 Å². The molecule has 0 heterocycles. The fourth-order valence-electron chi connectivity index (χ4n) is 1.56. The van der Waals surface area contributed by atoms with Crippen LogP contribution in [0, 0.1) is 0 Å². The van der Waals surface area contributed by atoms with E-state index in [0.717, 1.165) is 6.42 Å². The summed E-state index contributed by atoms with van der Waals surface area (Å²) in [6, 6.07) is 0.367. The quantitative estimate of drug-likeness (QED) is 0.729. The maximum absolute atomic E-state index is 11.1. The van der Waals surface area contributed by atoms with Gasteiger partial charge in [0, 0.05) is 17.3 Å². The van der Waals surface area contributed by atoms with Gasteiger partial charge in [0.05, 0.1) is 0 Å². The lowest BCUT2D eigenvalue weighted by Gasteiger charge is -2.27. The van der Waals surface area contributed by atoms with Crippen molar-refractivity contribution in [2.24, 2.45) is 0 Å². The molecule has 1 fully saturated rings. The number of alkyl halides is 1. The van der Waals surface area contributed by atoms with E-state index in [-0.39, 0.29) is 5.91 Å². The Morgan fingerprint density at radius 3 is 2.75 bits per heavy atom. The third-order valence-electron chi connectivity index (χ3n) is 2.35. The second kappa shape index (κ2) is 4.85. The monoisotopic (exact) mass is 233 g/mol. The number of halogens is 1. The van der Waals surface area contributed by atoms with Gasteiger partial charge < -0.3 is 5.32 Å². The summed E-state index contributed by atoms with van der Waals surface area (Å²) < 4.78 is 0. The van der Waals surface area contributed by atoms with E-state index in [1.807, 2.05) is 6.92 Å². The molecule has 0 radical (unpaired) electrons. The zero-order valence-corrected chi connectivity index (χ0v) is 9.06. The summed E-state index contributed by atoms with van der Waals surface area (Å²) in [6.07, 6.45) is 5.44. The van der Waals surface area contributed by atoms with Gasteiger partial charge in [-0.1, -0.05) is 35.7 Å². The lowest BCUT2D eigenvalue weighted by atomic mass is 9.95. The van der Waals surface area contributed by atoms with E-state index in [2.05, 4.69) is 21.2 Å². The SMILES string of the molecule is CCC(=O)N[C@H]1CCCC[C@@H]1Br. The summed E-state index contributed by atoms with van der Waals surface area (Å²) in [5, 5.41) is 3.03. The highest BCUT2D eigenvalue weighted by molar-refractivity contribution is 9.09. The Labute approximate surface area is 82.2 Å². The van der Waals surface area contributed by atoms with Gasteiger partial charge in [0.15, 0.2) is 0 Å². The second-order valence-corrected chi connectivity index (χ2v) is 4.50. The highest BCUT2D eigenvalue weighted by Gasteiger charge is 2.23. The lowest BCUT2D eigenvalue weighted by Crippen LogP contribution is -2.42. The van der Waals surface area contributed by atoms with E-state index in [1.54, 1.807) is 0 Å². The molecule has 1 saturated carbocycles. The van der Waals surface area contributed by atoms with Gasteiger partial charge >= 0.3 is 0 Å². The molecule has 0 aromatic rings. The molecule has 0 spiro atoms. The van der Waals surface area contributed by atoms with Crippen LogP contribution in [-0.2, 0) is 4.79 Å². The number of hydrogen-bond donors (Lipinski definition) is 1. The molecule has 2 nitrogen and oxygen atoms in total. The van der Waals surface area contributed by atoms with E-state index in [4.69, 9.17) is 0 Å². The molecule has 1 amide bonds. The average Bonchev–Trinajstić information content (AvgIpc) is 2.09. The first-order valence-corrected chi connectivity index (χ1v) is 5.59. The first kappa shape index (κ1) is 10.0. The standard InChI is InChI=1S/C9H16BrNO/c1-2-9(12)11-8-6-4-3-5-7(8)10/h7-8H,2-6H2,1H3,(H,11,12)/t7-,8-/m0/s1. The molecular weight excluding hydrogens is 218 g/mol. The van der Waals surface area contributed by atoms with Crippen LogP contribution < -0.4 is 5.32 Å². The molecule has 0 saturated heterocycles. The number of carbonyl (C=O) groups excluding carboxylic acids is 1. The Hall–Kier alpha value is -0.0500. The van der Waals surface area contributed by atoms with Crippen molar-refractivity contribution in [3.8, 4) is 0 Å². The van der Waals surface area contributed by atoms with E-state index in [1.165, 1.54) is 19.3 Å². The molecule has 2 atom stereocenters. The van der Waals surface area contributed by atoms with Crippen molar-refractivity contribution in [2.75, 3.05) is 0 Å². The molecule has 70 valence electrons. The van der Waals surface area contributed by atoms with Crippen molar-refractivity contribution in [3.05, 3.63) is 0 Å². The predicted molar refractivity (Wildman–Crippen MR) is 53.4 cm³/mol. The van der Waals surface area contributed by atoms with Gasteiger partial charge in [-0.2, -0.15) is 0 Å². The zero-order chi connectivity index (χ0) is 8.97. The first-order chi connectivity index (χ1) is 5.74. The van der Waals surface area contributed by atoms with Gasteiger partial charge in [0.1, 0.15) is 0 Å². The molecule has 1 aliphatic carbocycles. The molecule has 0 aliphatic heterocycles. The molecule has 0 aromatic heterocycles. The fraction of sp³-hybridized carbons (Fsp3) is 0.889. The topological polar surface area (TPSA) is 29.1 Å². The zero-order valence-electron chi connectivity index (χ0n) is 7.48. The molecule has 12 heavy (non-hydrogen) atoms. The lowest BCUT2D eigenvalue weighted by molar-refractivity contribution is -0.121. The maximum Gasteiger partial charge on any atom is 0.219 e. The minimum atomic E-state index is 0.173. The van der Waals surface area contributed by atoms with Crippen molar-refractivity contribution in [1.82, 2.24) is 5.32 Å². The predicted octanol–water partition coefficient (Wildman–Crippen LogP) is 2.22. The molecule has 1 aliphatic rings. The number of amides is 1. The van der Waals surface area contributed by atoms with Gasteiger partial charge in [-0.05, 0) is 12.8 Å². The van der Waals surface area contributed by atoms with E-state index >= 15 is 0 Å². The highest BCUT2D eigenvalue weighted by Crippen LogP contribution is 2.24. The molecule has 0 aromatic carbocycles. The van der Waals surface area contributed by atoms with Crippen molar-refractivity contribution in [2.45, 2.75) is 49.9 Å². The Balaban J connectivity index is 2.33. The largest absolute Gasteiger partial charge is 0.352 e. The summed E-state index contributed by atoms with van der Waals surface area (Å²) in [5.41, 5.74) is 0. The van der Waals surface area contributed by atoms with Gasteiger partial charge in [-0.15, -0.1) is 0 Å². The summed E-state index contributed by atoms with van der Waals surface area (Å²) >= 11 is 3.60. The van der Waals surface area contributed by atoms with Crippen LogP contribution in [0.5, 0.6) is 0 Å². The van der Waals surface area contributed by atoms with Crippen LogP contribution in [-0.4, -0.2) is 16.8 Å². The van der Waals surface area contributed by atoms with E-state index in [9.17, 15) is 4.79 Å². The molecule has 3 heteroatoms. The summed E-state index contributed by atoms with van der Waals surface area (Å²) in [5.74, 6) is 0.173. The van der Waals surface area contributed by atoms with E-state index in [0.29, 0.717) is 17.3 Å². The molecule has 0 bridgehead atoms. The third-order valence-corrected chi connectivity index (χ3v) is 3.45. The van der Waals surface area contributed by atoms with Crippen molar-refractivity contribution >= 4 is 21.8 Å². The molecule has 1 N–H and O–H groups in total. The smallest absolute Gasteiger partial charge is 0.219 e. The van der Waals surface area contributed by atoms with Gasteiger partial charge in [0.2, 0.25) is 5.91 Å².